The van der Waals surface area contributed by atoms with Crippen LogP contribution >= 0.6 is 15.9 Å². The summed E-state index contributed by atoms with van der Waals surface area (Å²) in [4.78, 5) is 11.9. The SMILES string of the molecule is COc1cc(F)ccc1NC(=O)CCOc1cccc(Br)c1. The first-order valence-electron chi connectivity index (χ1n) is 6.60. The highest BCUT2D eigenvalue weighted by Gasteiger charge is 2.09. The van der Waals surface area contributed by atoms with Crippen LogP contribution in [-0.4, -0.2) is 19.6 Å². The Labute approximate surface area is 136 Å². The molecule has 0 fully saturated rings. The Balaban J connectivity index is 1.86. The molecule has 22 heavy (non-hydrogen) atoms. The number of anilines is 1. The van der Waals surface area contributed by atoms with Gasteiger partial charge in [0.15, 0.2) is 0 Å². The number of ether oxygens (including phenoxy) is 2. The van der Waals surface area contributed by atoms with Crippen LogP contribution in [0, 0.1) is 5.82 Å². The van der Waals surface area contributed by atoms with Crippen molar-refractivity contribution < 1.29 is 18.7 Å². The van der Waals surface area contributed by atoms with Crippen LogP contribution < -0.4 is 14.8 Å². The predicted molar refractivity (Wildman–Crippen MR) is 85.8 cm³/mol. The first-order valence-corrected chi connectivity index (χ1v) is 7.39. The number of rotatable bonds is 6. The van der Waals surface area contributed by atoms with E-state index < -0.39 is 5.82 Å². The molecule has 2 aromatic rings. The number of methoxy groups -OCH3 is 1. The Hall–Kier alpha value is -2.08. The van der Waals surface area contributed by atoms with Gasteiger partial charge in [0.2, 0.25) is 5.91 Å². The summed E-state index contributed by atoms with van der Waals surface area (Å²) in [6.07, 6.45) is 0.174. The van der Waals surface area contributed by atoms with Crippen molar-refractivity contribution in [2.24, 2.45) is 0 Å². The first-order chi connectivity index (χ1) is 10.6. The van der Waals surface area contributed by atoms with Crippen LogP contribution in [0.2, 0.25) is 0 Å². The van der Waals surface area contributed by atoms with Crippen LogP contribution in [0.15, 0.2) is 46.9 Å². The smallest absolute Gasteiger partial charge is 0.227 e. The molecule has 1 amide bonds. The lowest BCUT2D eigenvalue weighted by Crippen LogP contribution is -2.15. The van der Waals surface area contributed by atoms with Crippen LogP contribution in [0.25, 0.3) is 0 Å². The molecule has 0 aliphatic rings. The second kappa shape index (κ2) is 7.79. The second-order valence-corrected chi connectivity index (χ2v) is 5.36. The summed E-state index contributed by atoms with van der Waals surface area (Å²) < 4.78 is 24.5. The molecular formula is C16H15BrFNO3. The summed E-state index contributed by atoms with van der Waals surface area (Å²) >= 11 is 3.35. The molecule has 0 spiro atoms. The van der Waals surface area contributed by atoms with Crippen molar-refractivity contribution >= 4 is 27.5 Å². The van der Waals surface area contributed by atoms with Crippen molar-refractivity contribution in [3.8, 4) is 11.5 Å². The molecule has 0 heterocycles. The zero-order valence-corrected chi connectivity index (χ0v) is 13.5. The number of hydrogen-bond donors (Lipinski definition) is 1. The number of halogens is 2. The van der Waals surface area contributed by atoms with E-state index in [-0.39, 0.29) is 24.7 Å². The average molecular weight is 368 g/mol. The third-order valence-electron chi connectivity index (χ3n) is 2.83. The number of benzene rings is 2. The van der Waals surface area contributed by atoms with E-state index >= 15 is 0 Å². The van der Waals surface area contributed by atoms with Crippen LogP contribution in [0.1, 0.15) is 6.42 Å². The average Bonchev–Trinajstić information content (AvgIpc) is 2.49. The topological polar surface area (TPSA) is 47.6 Å². The molecule has 2 aromatic carbocycles. The third-order valence-corrected chi connectivity index (χ3v) is 3.32. The zero-order chi connectivity index (χ0) is 15.9. The molecule has 0 unspecified atom stereocenters. The van der Waals surface area contributed by atoms with Crippen molar-refractivity contribution in [1.29, 1.82) is 0 Å². The fraction of sp³-hybridized carbons (Fsp3) is 0.188. The van der Waals surface area contributed by atoms with Crippen LogP contribution in [0.3, 0.4) is 0 Å². The van der Waals surface area contributed by atoms with Gasteiger partial charge in [0.05, 0.1) is 25.8 Å². The molecule has 0 saturated heterocycles. The van der Waals surface area contributed by atoms with E-state index in [1.54, 1.807) is 0 Å². The van der Waals surface area contributed by atoms with E-state index in [4.69, 9.17) is 9.47 Å². The van der Waals surface area contributed by atoms with Crippen LogP contribution in [0.5, 0.6) is 11.5 Å². The summed E-state index contributed by atoms with van der Waals surface area (Å²) in [5.74, 6) is 0.301. The summed E-state index contributed by atoms with van der Waals surface area (Å²) in [5, 5.41) is 2.67. The highest BCUT2D eigenvalue weighted by atomic mass is 79.9. The molecule has 0 aromatic heterocycles. The monoisotopic (exact) mass is 367 g/mol. The Morgan fingerprint density at radius 1 is 1.27 bits per heavy atom. The van der Waals surface area contributed by atoms with Gasteiger partial charge in [0.25, 0.3) is 0 Å². The van der Waals surface area contributed by atoms with Gasteiger partial charge in [0, 0.05) is 10.5 Å². The minimum atomic E-state index is -0.423. The van der Waals surface area contributed by atoms with Crippen molar-refractivity contribution in [2.75, 3.05) is 19.0 Å². The largest absolute Gasteiger partial charge is 0.494 e. The molecule has 116 valence electrons. The summed E-state index contributed by atoms with van der Waals surface area (Å²) in [7, 11) is 1.42. The van der Waals surface area contributed by atoms with Crippen molar-refractivity contribution in [1.82, 2.24) is 0 Å². The molecule has 6 heteroatoms. The molecule has 0 aliphatic heterocycles. The van der Waals surface area contributed by atoms with Crippen LogP contribution in [-0.2, 0) is 4.79 Å². The quantitative estimate of drug-likeness (QED) is 0.838. The lowest BCUT2D eigenvalue weighted by atomic mass is 10.2. The maximum Gasteiger partial charge on any atom is 0.227 e. The number of hydrogen-bond acceptors (Lipinski definition) is 3. The molecule has 0 saturated carbocycles. The molecule has 2 rings (SSSR count). The minimum absolute atomic E-state index is 0.174. The molecular weight excluding hydrogens is 353 g/mol. The van der Waals surface area contributed by atoms with E-state index in [9.17, 15) is 9.18 Å². The summed E-state index contributed by atoms with van der Waals surface area (Å²) in [5.41, 5.74) is 0.427. The van der Waals surface area contributed by atoms with E-state index in [1.165, 1.54) is 25.3 Å². The molecule has 0 atom stereocenters. The van der Waals surface area contributed by atoms with Crippen molar-refractivity contribution in [2.45, 2.75) is 6.42 Å². The summed E-state index contributed by atoms with van der Waals surface area (Å²) in [6, 6.07) is 11.3. The van der Waals surface area contributed by atoms with E-state index in [0.29, 0.717) is 11.4 Å². The predicted octanol–water partition coefficient (Wildman–Crippen LogP) is 4.00. The molecule has 4 nitrogen and oxygen atoms in total. The number of carbonyl (C=O) groups excluding carboxylic acids is 1. The van der Waals surface area contributed by atoms with Gasteiger partial charge in [0.1, 0.15) is 17.3 Å². The van der Waals surface area contributed by atoms with Gasteiger partial charge in [-0.05, 0) is 30.3 Å². The van der Waals surface area contributed by atoms with Gasteiger partial charge in [-0.3, -0.25) is 4.79 Å². The summed E-state index contributed by atoms with van der Waals surface area (Å²) in [6.45, 7) is 0.242. The Kier molecular flexibility index (Phi) is 5.77. The first kappa shape index (κ1) is 16.3. The molecule has 0 bridgehead atoms. The highest BCUT2D eigenvalue weighted by Crippen LogP contribution is 2.25. The van der Waals surface area contributed by atoms with E-state index in [0.717, 1.165) is 4.47 Å². The Morgan fingerprint density at radius 2 is 2.09 bits per heavy atom. The van der Waals surface area contributed by atoms with Gasteiger partial charge in [-0.1, -0.05) is 22.0 Å². The normalized spacial score (nSPS) is 10.1. The lowest BCUT2D eigenvalue weighted by Gasteiger charge is -2.10. The highest BCUT2D eigenvalue weighted by molar-refractivity contribution is 9.10. The molecule has 0 aliphatic carbocycles. The maximum absolute atomic E-state index is 13.1. The number of amides is 1. The number of nitrogens with one attached hydrogen (secondary N) is 1. The van der Waals surface area contributed by atoms with Gasteiger partial charge in [-0.2, -0.15) is 0 Å². The molecule has 1 N–H and O–H groups in total. The third kappa shape index (κ3) is 4.73. The fourth-order valence-corrected chi connectivity index (χ4v) is 2.18. The Bertz CT molecular complexity index is 664. The van der Waals surface area contributed by atoms with Crippen molar-refractivity contribution in [3.05, 3.63) is 52.8 Å². The van der Waals surface area contributed by atoms with Gasteiger partial charge >= 0.3 is 0 Å². The standard InChI is InChI=1S/C16H15BrFNO3/c1-21-15-10-12(18)5-6-14(15)19-16(20)7-8-22-13-4-2-3-11(17)9-13/h2-6,9-10H,7-8H2,1H3,(H,19,20). The Morgan fingerprint density at radius 3 is 2.82 bits per heavy atom. The van der Waals surface area contributed by atoms with Crippen LogP contribution in [0.4, 0.5) is 10.1 Å². The van der Waals surface area contributed by atoms with E-state index in [2.05, 4.69) is 21.2 Å². The molecule has 0 radical (unpaired) electrons. The lowest BCUT2D eigenvalue weighted by molar-refractivity contribution is -0.116. The number of carbonyl (C=O) groups is 1. The van der Waals surface area contributed by atoms with Crippen molar-refractivity contribution in [3.63, 3.8) is 0 Å². The zero-order valence-electron chi connectivity index (χ0n) is 11.9. The minimum Gasteiger partial charge on any atom is -0.494 e. The van der Waals surface area contributed by atoms with Gasteiger partial charge < -0.3 is 14.8 Å². The maximum atomic E-state index is 13.1. The van der Waals surface area contributed by atoms with Gasteiger partial charge in [-0.15, -0.1) is 0 Å². The second-order valence-electron chi connectivity index (χ2n) is 4.45. The fourth-order valence-electron chi connectivity index (χ4n) is 1.80. The van der Waals surface area contributed by atoms with Gasteiger partial charge in [-0.25, -0.2) is 4.39 Å². The van der Waals surface area contributed by atoms with E-state index in [1.807, 2.05) is 24.3 Å².